The number of halogens is 1. The van der Waals surface area contributed by atoms with Gasteiger partial charge in [-0.1, -0.05) is 23.7 Å². The predicted molar refractivity (Wildman–Crippen MR) is 98.5 cm³/mol. The van der Waals surface area contributed by atoms with Crippen molar-refractivity contribution in [1.29, 1.82) is 0 Å². The maximum atomic E-state index is 11.9. The molecule has 1 aromatic carbocycles. The molecular weight excluding hydrogens is 365 g/mol. The van der Waals surface area contributed by atoms with Crippen LogP contribution >= 0.6 is 19.6 Å². The first-order chi connectivity index (χ1) is 11.6. The molecule has 0 spiro atoms. The lowest BCUT2D eigenvalue weighted by molar-refractivity contribution is 0.0489. The van der Waals surface area contributed by atoms with Crippen LogP contribution in [-0.4, -0.2) is 42.2 Å². The molecule has 2 N–H and O–H groups in total. The van der Waals surface area contributed by atoms with E-state index in [1.54, 1.807) is 52.0 Å². The van der Waals surface area contributed by atoms with Crippen LogP contribution in [0.15, 0.2) is 24.3 Å². The van der Waals surface area contributed by atoms with Gasteiger partial charge in [0.25, 0.3) is 0 Å². The average Bonchev–Trinajstić information content (AvgIpc) is 2.52. The molecule has 0 saturated heterocycles. The van der Waals surface area contributed by atoms with Gasteiger partial charge in [-0.2, -0.15) is 0 Å². The summed E-state index contributed by atoms with van der Waals surface area (Å²) in [6.45, 7) is 7.11. The van der Waals surface area contributed by atoms with Crippen molar-refractivity contribution < 1.29 is 23.7 Å². The van der Waals surface area contributed by atoms with Crippen molar-refractivity contribution >= 4 is 25.7 Å². The Balaban J connectivity index is 2.79. The van der Waals surface area contributed by atoms with E-state index in [9.17, 15) is 14.5 Å². The van der Waals surface area contributed by atoms with Gasteiger partial charge in [0.05, 0.1) is 6.10 Å². The Morgan fingerprint density at radius 3 is 2.44 bits per heavy atom. The van der Waals surface area contributed by atoms with Gasteiger partial charge in [0.1, 0.15) is 12.2 Å². The van der Waals surface area contributed by atoms with Crippen LogP contribution in [0.3, 0.4) is 0 Å². The number of nitrogens with one attached hydrogen (secondary N) is 1. The number of aliphatic hydroxyl groups excluding tert-OH is 1. The van der Waals surface area contributed by atoms with Gasteiger partial charge >= 0.3 is 14.1 Å². The van der Waals surface area contributed by atoms with Gasteiger partial charge in [-0.25, -0.2) is 4.79 Å². The summed E-state index contributed by atoms with van der Waals surface area (Å²) in [6, 6.07) is 6.95. The van der Waals surface area contributed by atoms with Gasteiger partial charge in [0.15, 0.2) is 6.16 Å². The van der Waals surface area contributed by atoms with E-state index >= 15 is 0 Å². The molecule has 0 aliphatic carbocycles. The maximum absolute atomic E-state index is 11.9. The summed E-state index contributed by atoms with van der Waals surface area (Å²) in [5.41, 5.74) is 0.171. The van der Waals surface area contributed by atoms with E-state index in [0.717, 1.165) is 5.56 Å². The fourth-order valence-electron chi connectivity index (χ4n) is 2.06. The number of rotatable bonds is 8. The lowest BCUT2D eigenvalue weighted by Gasteiger charge is -2.24. The molecule has 1 rings (SSSR count). The minimum absolute atomic E-state index is 0.0909. The summed E-state index contributed by atoms with van der Waals surface area (Å²) in [5, 5.41) is 13.7. The number of carbonyl (C=O) groups excluding carboxylic acids is 1. The highest BCUT2D eigenvalue weighted by Gasteiger charge is 2.27. The average molecular weight is 391 g/mol. The fraction of sp³-hybridized carbons (Fsp3) is 0.588. The van der Waals surface area contributed by atoms with Crippen LogP contribution in [-0.2, 0) is 13.8 Å². The Kier molecular flexibility index (Phi) is 8.80. The standard InChI is InChI=1S/C17H25ClNO5P/c1-5-25(22)23-11-15(20)14(12-6-8-13(18)9-7-12)10-19-16(21)24-17(2,3)4/h6-9,14-15,20H,5,10-11H2,1-4H3/p+1. The minimum Gasteiger partial charge on any atom is -0.444 e. The molecule has 3 atom stereocenters. The molecule has 8 heteroatoms. The number of carbonyl (C=O) groups is 1. The molecule has 6 nitrogen and oxygen atoms in total. The molecule has 1 aromatic rings. The normalized spacial score (nSPS) is 14.6. The molecule has 0 heterocycles. The molecule has 0 bridgehead atoms. The van der Waals surface area contributed by atoms with E-state index in [-0.39, 0.29) is 13.2 Å². The van der Waals surface area contributed by atoms with Crippen molar-refractivity contribution in [2.24, 2.45) is 0 Å². The molecule has 0 aromatic heterocycles. The molecule has 3 unspecified atom stereocenters. The topological polar surface area (TPSA) is 84.9 Å². The number of benzene rings is 1. The van der Waals surface area contributed by atoms with Crippen LogP contribution in [0.4, 0.5) is 4.79 Å². The van der Waals surface area contributed by atoms with E-state index in [2.05, 4.69) is 5.32 Å². The highest BCUT2D eigenvalue weighted by atomic mass is 35.5. The Labute approximate surface area is 154 Å². The second kappa shape index (κ2) is 10.1. The summed E-state index contributed by atoms with van der Waals surface area (Å²) >= 11 is 5.90. The van der Waals surface area contributed by atoms with E-state index in [4.69, 9.17) is 20.9 Å². The Hall–Kier alpha value is -1.20. The molecule has 1 amide bonds. The molecular formula is C17H26ClNO5P+. The predicted octanol–water partition coefficient (Wildman–Crippen LogP) is 4.09. The minimum atomic E-state index is -1.79. The zero-order chi connectivity index (χ0) is 19.0. The van der Waals surface area contributed by atoms with Gasteiger partial charge in [-0.05, 0) is 50.0 Å². The number of ether oxygens (including phenoxy) is 1. The monoisotopic (exact) mass is 390 g/mol. The summed E-state index contributed by atoms with van der Waals surface area (Å²) in [6.07, 6.45) is -1.13. The van der Waals surface area contributed by atoms with Crippen LogP contribution in [0.1, 0.15) is 39.2 Å². The summed E-state index contributed by atoms with van der Waals surface area (Å²) in [4.78, 5) is 11.9. The van der Waals surface area contributed by atoms with Crippen LogP contribution in [0, 0.1) is 0 Å². The first-order valence-electron chi connectivity index (χ1n) is 8.10. The molecule has 0 aliphatic rings. The molecule has 0 fully saturated rings. The van der Waals surface area contributed by atoms with Gasteiger partial charge in [0.2, 0.25) is 0 Å². The summed E-state index contributed by atoms with van der Waals surface area (Å²) < 4.78 is 21.8. The zero-order valence-electron chi connectivity index (χ0n) is 15.0. The third kappa shape index (κ3) is 8.63. The first-order valence-corrected chi connectivity index (χ1v) is 9.84. The van der Waals surface area contributed by atoms with Crippen molar-refractivity contribution in [2.75, 3.05) is 19.3 Å². The Morgan fingerprint density at radius 2 is 1.92 bits per heavy atom. The van der Waals surface area contributed by atoms with Crippen molar-refractivity contribution in [1.82, 2.24) is 5.32 Å². The zero-order valence-corrected chi connectivity index (χ0v) is 16.6. The fourth-order valence-corrected chi connectivity index (χ4v) is 2.69. The summed E-state index contributed by atoms with van der Waals surface area (Å²) in [5.74, 6) is -0.454. The van der Waals surface area contributed by atoms with Crippen LogP contribution in [0.2, 0.25) is 5.02 Å². The highest BCUT2D eigenvalue weighted by molar-refractivity contribution is 7.39. The number of hydrogen-bond donors (Lipinski definition) is 2. The lowest BCUT2D eigenvalue weighted by atomic mass is 9.93. The van der Waals surface area contributed by atoms with Crippen molar-refractivity contribution in [3.63, 3.8) is 0 Å². The van der Waals surface area contributed by atoms with Crippen LogP contribution < -0.4 is 5.32 Å². The van der Waals surface area contributed by atoms with Crippen LogP contribution in [0.5, 0.6) is 0 Å². The van der Waals surface area contributed by atoms with E-state index in [1.165, 1.54) is 0 Å². The van der Waals surface area contributed by atoms with Crippen LogP contribution in [0.25, 0.3) is 0 Å². The second-order valence-corrected chi connectivity index (χ2v) is 8.55. The van der Waals surface area contributed by atoms with Crippen molar-refractivity contribution in [3.8, 4) is 0 Å². The molecule has 140 valence electrons. The number of hydrogen-bond acceptors (Lipinski definition) is 5. The Bertz CT molecular complexity index is 573. The van der Waals surface area contributed by atoms with Gasteiger partial charge in [-0.3, -0.25) is 0 Å². The van der Waals surface area contributed by atoms with Gasteiger partial charge in [0, 0.05) is 17.5 Å². The molecule has 25 heavy (non-hydrogen) atoms. The maximum Gasteiger partial charge on any atom is 0.507 e. The smallest absolute Gasteiger partial charge is 0.444 e. The number of alkyl carbamates (subject to hydrolysis) is 1. The molecule has 0 radical (unpaired) electrons. The van der Waals surface area contributed by atoms with E-state index in [0.29, 0.717) is 11.2 Å². The van der Waals surface area contributed by atoms with Gasteiger partial charge in [-0.15, -0.1) is 4.52 Å². The molecule has 0 aliphatic heterocycles. The lowest BCUT2D eigenvalue weighted by Crippen LogP contribution is -2.38. The third-order valence-electron chi connectivity index (χ3n) is 3.28. The van der Waals surface area contributed by atoms with E-state index in [1.807, 2.05) is 0 Å². The quantitative estimate of drug-likeness (QED) is 0.653. The van der Waals surface area contributed by atoms with E-state index < -0.39 is 31.7 Å². The van der Waals surface area contributed by atoms with Crippen molar-refractivity contribution in [2.45, 2.75) is 45.3 Å². The second-order valence-electron chi connectivity index (χ2n) is 6.55. The first kappa shape index (κ1) is 21.8. The number of aliphatic hydroxyl groups is 1. The van der Waals surface area contributed by atoms with Gasteiger partial charge < -0.3 is 15.2 Å². The number of amides is 1. The largest absolute Gasteiger partial charge is 0.507 e. The highest BCUT2D eigenvalue weighted by Crippen LogP contribution is 2.26. The summed E-state index contributed by atoms with van der Waals surface area (Å²) in [7, 11) is -1.79. The molecule has 0 saturated carbocycles. The SMILES string of the molecule is CC[P+](=O)OCC(O)C(CNC(=O)OC(C)(C)C)c1ccc(Cl)cc1. The third-order valence-corrected chi connectivity index (χ3v) is 4.48. The van der Waals surface area contributed by atoms with Crippen molar-refractivity contribution in [3.05, 3.63) is 34.9 Å². The Morgan fingerprint density at radius 1 is 1.32 bits per heavy atom.